The van der Waals surface area contributed by atoms with Crippen molar-refractivity contribution >= 4 is 34.2 Å². The van der Waals surface area contributed by atoms with Gasteiger partial charge in [-0.25, -0.2) is 9.67 Å². The maximum atomic E-state index is 13.5. The Hall–Kier alpha value is -3.47. The third-order valence-corrected chi connectivity index (χ3v) is 7.00. The van der Waals surface area contributed by atoms with Crippen molar-refractivity contribution in [2.75, 3.05) is 24.2 Å². The number of nitrogen functional groups attached to an aromatic ring is 1. The van der Waals surface area contributed by atoms with Crippen LogP contribution in [0.25, 0.3) is 10.9 Å². The third kappa shape index (κ3) is 4.36. The molecule has 35 heavy (non-hydrogen) atoms. The first-order valence-electron chi connectivity index (χ1n) is 12.3. The van der Waals surface area contributed by atoms with Gasteiger partial charge in [0, 0.05) is 25.9 Å². The van der Waals surface area contributed by atoms with Gasteiger partial charge in [-0.2, -0.15) is 10.2 Å². The molecule has 2 saturated heterocycles. The van der Waals surface area contributed by atoms with Gasteiger partial charge in [-0.3, -0.25) is 14.3 Å². The number of hydrogen-bond donors (Lipinski definition) is 2. The number of hydrogen-bond acceptors (Lipinski definition) is 7. The number of ether oxygens (including phenoxy) is 1. The van der Waals surface area contributed by atoms with Crippen LogP contribution in [0.4, 0.5) is 11.5 Å². The molecular weight excluding hydrogens is 448 g/mol. The maximum Gasteiger partial charge on any atom is 0.314 e. The molecular formula is C24H32N8O3. The maximum absolute atomic E-state index is 13.5. The first-order chi connectivity index (χ1) is 17.0. The number of pyridine rings is 1. The second-order valence-corrected chi connectivity index (χ2v) is 9.41. The smallest absolute Gasteiger partial charge is 0.314 e. The summed E-state index contributed by atoms with van der Waals surface area (Å²) in [6.45, 7) is 5.97. The number of likely N-dealkylation sites (tertiary alicyclic amines) is 1. The highest BCUT2D eigenvalue weighted by atomic mass is 16.5. The first-order valence-corrected chi connectivity index (χ1v) is 12.3. The van der Waals surface area contributed by atoms with E-state index in [1.54, 1.807) is 22.0 Å². The summed E-state index contributed by atoms with van der Waals surface area (Å²) in [5.74, 6) is -0.674. The number of carbonyl (C=O) groups excluding carboxylic acids is 2. The molecule has 2 aliphatic rings. The molecule has 0 bridgehead atoms. The highest BCUT2D eigenvalue weighted by molar-refractivity contribution is 6.40. The number of aryl methyl sites for hydroxylation is 1. The quantitative estimate of drug-likeness (QED) is 0.549. The van der Waals surface area contributed by atoms with Gasteiger partial charge < -0.3 is 20.7 Å². The summed E-state index contributed by atoms with van der Waals surface area (Å²) in [5, 5.41) is 12.2. The molecule has 2 fully saturated rings. The highest BCUT2D eigenvalue weighted by Crippen LogP contribution is 2.35. The number of anilines is 2. The molecule has 0 spiro atoms. The lowest BCUT2D eigenvalue weighted by molar-refractivity contribution is -0.146. The zero-order valence-corrected chi connectivity index (χ0v) is 20.2. The van der Waals surface area contributed by atoms with E-state index in [1.807, 2.05) is 17.7 Å². The minimum Gasteiger partial charge on any atom is -0.383 e. The van der Waals surface area contributed by atoms with E-state index in [0.717, 1.165) is 37.8 Å². The number of nitrogens with one attached hydrogen (secondary N) is 1. The van der Waals surface area contributed by atoms with Crippen molar-refractivity contribution in [2.45, 2.75) is 64.8 Å². The molecule has 3 aromatic rings. The van der Waals surface area contributed by atoms with E-state index >= 15 is 0 Å². The molecule has 2 amide bonds. The van der Waals surface area contributed by atoms with E-state index in [1.165, 1.54) is 6.20 Å². The number of amides is 2. The van der Waals surface area contributed by atoms with Crippen molar-refractivity contribution in [3.05, 3.63) is 30.4 Å². The number of piperidine rings is 1. The van der Waals surface area contributed by atoms with Crippen LogP contribution in [0.1, 0.15) is 63.9 Å². The van der Waals surface area contributed by atoms with Crippen LogP contribution < -0.4 is 11.1 Å². The zero-order valence-electron chi connectivity index (χ0n) is 20.2. The summed E-state index contributed by atoms with van der Waals surface area (Å²) in [5.41, 5.74) is 8.04. The van der Waals surface area contributed by atoms with E-state index in [-0.39, 0.29) is 12.3 Å². The van der Waals surface area contributed by atoms with E-state index in [9.17, 15) is 9.59 Å². The molecule has 1 unspecified atom stereocenters. The Bertz CT molecular complexity index is 1230. The van der Waals surface area contributed by atoms with Gasteiger partial charge in [0.05, 0.1) is 35.2 Å². The van der Waals surface area contributed by atoms with Crippen molar-refractivity contribution < 1.29 is 14.3 Å². The largest absolute Gasteiger partial charge is 0.383 e. The van der Waals surface area contributed by atoms with Crippen LogP contribution in [-0.2, 0) is 20.9 Å². The Kier molecular flexibility index (Phi) is 6.42. The molecule has 11 heteroatoms. The van der Waals surface area contributed by atoms with Crippen LogP contribution in [0.15, 0.2) is 24.7 Å². The van der Waals surface area contributed by atoms with Crippen LogP contribution in [0.2, 0.25) is 0 Å². The van der Waals surface area contributed by atoms with Gasteiger partial charge in [0.1, 0.15) is 11.3 Å². The van der Waals surface area contributed by atoms with Crippen LogP contribution in [0.5, 0.6) is 0 Å². The van der Waals surface area contributed by atoms with Gasteiger partial charge in [0.25, 0.3) is 0 Å². The predicted octanol–water partition coefficient (Wildman–Crippen LogP) is 2.87. The Labute approximate surface area is 203 Å². The summed E-state index contributed by atoms with van der Waals surface area (Å²) in [4.78, 5) is 32.6. The highest BCUT2D eigenvalue weighted by Gasteiger charge is 2.36. The number of rotatable bonds is 4. The van der Waals surface area contributed by atoms with Gasteiger partial charge in [-0.05, 0) is 51.0 Å². The number of carbonyl (C=O) groups is 2. The fourth-order valence-corrected chi connectivity index (χ4v) is 5.19. The molecule has 5 heterocycles. The summed E-state index contributed by atoms with van der Waals surface area (Å²) < 4.78 is 9.52. The topological polar surface area (TPSA) is 133 Å². The molecule has 3 N–H and O–H groups in total. The molecule has 5 rings (SSSR count). The average Bonchev–Trinajstić information content (AvgIpc) is 3.54. The SMILES string of the molecule is CCn1nccc1[C@@H]1CC[C@H](C)CN1C(=O)C(=O)Nc1cnc(N)c2cnn(C3CCCCO3)c12. The number of nitrogens with two attached hydrogens (primary N) is 1. The Balaban J connectivity index is 1.43. The van der Waals surface area contributed by atoms with Crippen molar-refractivity contribution in [3.63, 3.8) is 0 Å². The van der Waals surface area contributed by atoms with Crippen LogP contribution in [-0.4, -0.2) is 54.4 Å². The molecule has 0 aromatic carbocycles. The first kappa shape index (κ1) is 23.3. The van der Waals surface area contributed by atoms with Gasteiger partial charge in [0.15, 0.2) is 6.23 Å². The predicted molar refractivity (Wildman–Crippen MR) is 130 cm³/mol. The van der Waals surface area contributed by atoms with Crippen molar-refractivity contribution in [2.24, 2.45) is 5.92 Å². The average molecular weight is 481 g/mol. The molecule has 11 nitrogen and oxygen atoms in total. The fraction of sp³-hybridized carbons (Fsp3) is 0.542. The number of fused-ring (bicyclic) bond motifs is 1. The van der Waals surface area contributed by atoms with E-state index in [4.69, 9.17) is 10.5 Å². The van der Waals surface area contributed by atoms with Crippen LogP contribution in [0.3, 0.4) is 0 Å². The molecule has 3 aromatic heterocycles. The van der Waals surface area contributed by atoms with Crippen molar-refractivity contribution in [3.8, 4) is 0 Å². The molecule has 0 radical (unpaired) electrons. The van der Waals surface area contributed by atoms with Crippen molar-refractivity contribution in [1.29, 1.82) is 0 Å². The van der Waals surface area contributed by atoms with Gasteiger partial charge >= 0.3 is 11.8 Å². The van der Waals surface area contributed by atoms with Gasteiger partial charge in [0.2, 0.25) is 0 Å². The summed E-state index contributed by atoms with van der Waals surface area (Å²) >= 11 is 0. The lowest BCUT2D eigenvalue weighted by atomic mass is 9.92. The normalized spacial score (nSPS) is 22.9. The third-order valence-electron chi connectivity index (χ3n) is 7.00. The second kappa shape index (κ2) is 9.65. The fourth-order valence-electron chi connectivity index (χ4n) is 5.19. The summed E-state index contributed by atoms with van der Waals surface area (Å²) in [6, 6.07) is 1.73. The lowest BCUT2D eigenvalue weighted by Crippen LogP contribution is -2.47. The van der Waals surface area contributed by atoms with Gasteiger partial charge in [-0.1, -0.05) is 6.92 Å². The standard InChI is InChI=1S/C24H32N8O3/c1-3-31-19(9-10-27-31)18-8-7-15(2)14-30(18)24(34)23(33)29-17-13-26-22(25)16-12-28-32(21(16)17)20-6-4-5-11-35-20/h9-10,12-13,15,18,20H,3-8,11,14H2,1-2H3,(H2,25,26)(H,29,33)/t15-,18-,20?/m0/s1. The Morgan fingerprint density at radius 2 is 2.06 bits per heavy atom. The molecule has 2 aliphatic heterocycles. The Morgan fingerprint density at radius 1 is 1.20 bits per heavy atom. The Morgan fingerprint density at radius 3 is 2.83 bits per heavy atom. The molecule has 186 valence electrons. The molecule has 0 saturated carbocycles. The second-order valence-electron chi connectivity index (χ2n) is 9.41. The van der Waals surface area contributed by atoms with E-state index < -0.39 is 11.8 Å². The van der Waals surface area contributed by atoms with E-state index in [0.29, 0.717) is 48.0 Å². The minimum absolute atomic E-state index is 0.197. The minimum atomic E-state index is -0.711. The summed E-state index contributed by atoms with van der Waals surface area (Å²) in [7, 11) is 0. The van der Waals surface area contributed by atoms with Crippen LogP contribution in [0, 0.1) is 5.92 Å². The number of aromatic nitrogens is 5. The van der Waals surface area contributed by atoms with Crippen LogP contribution >= 0.6 is 0 Å². The van der Waals surface area contributed by atoms with Crippen molar-refractivity contribution in [1.82, 2.24) is 29.4 Å². The number of nitrogens with zero attached hydrogens (tertiary/aromatic N) is 6. The molecule has 3 atom stereocenters. The van der Waals surface area contributed by atoms with Gasteiger partial charge in [-0.15, -0.1) is 0 Å². The van der Waals surface area contributed by atoms with E-state index in [2.05, 4.69) is 27.4 Å². The zero-order chi connectivity index (χ0) is 24.5. The summed E-state index contributed by atoms with van der Waals surface area (Å²) in [6.07, 6.45) is 9.19. The monoisotopic (exact) mass is 480 g/mol. The lowest BCUT2D eigenvalue weighted by Gasteiger charge is -2.38. The molecule has 0 aliphatic carbocycles.